The van der Waals surface area contributed by atoms with Gasteiger partial charge < -0.3 is 9.47 Å². The molecule has 340 valence electrons. The van der Waals surface area contributed by atoms with Gasteiger partial charge in [0.05, 0.1) is 39.3 Å². The summed E-state index contributed by atoms with van der Waals surface area (Å²) in [7, 11) is 0. The largest absolute Gasteiger partial charge is 0.333 e. The van der Waals surface area contributed by atoms with Gasteiger partial charge in [-0.25, -0.2) is 8.78 Å². The number of nitrogens with zero attached hydrogens (tertiary/aromatic N) is 7. The fourth-order valence-corrected chi connectivity index (χ4v) is 11.8. The molecular formula is C63H39F2N7. The fraction of sp³-hybridized carbons (Fsp3) is 0.0317. The van der Waals surface area contributed by atoms with E-state index < -0.39 is 0 Å². The highest BCUT2D eigenvalue weighted by Crippen LogP contribution is 2.54. The first-order valence-corrected chi connectivity index (χ1v) is 24.1. The number of benzene rings is 9. The molecule has 0 radical (unpaired) electrons. The normalized spacial score (nSPS) is 15.0. The number of aromatic nitrogens is 6. The molecule has 1 aliphatic heterocycles. The first kappa shape index (κ1) is 40.4. The molecule has 0 N–H and O–H groups in total. The van der Waals surface area contributed by atoms with Crippen LogP contribution in [-0.2, 0) is 0 Å². The van der Waals surface area contributed by atoms with Gasteiger partial charge in [-0.05, 0) is 95.1 Å². The Morgan fingerprint density at radius 1 is 0.417 bits per heavy atom. The molecule has 0 spiro atoms. The number of fused-ring (bicyclic) bond motifs is 14. The molecule has 13 aromatic rings. The van der Waals surface area contributed by atoms with Crippen LogP contribution < -0.4 is 4.90 Å². The maximum atomic E-state index is 15.1. The minimum atomic E-state index is -0.304. The second-order valence-corrected chi connectivity index (χ2v) is 18.6. The van der Waals surface area contributed by atoms with E-state index in [4.69, 9.17) is 15.0 Å². The lowest BCUT2D eigenvalue weighted by Crippen LogP contribution is -2.30. The van der Waals surface area contributed by atoms with Crippen LogP contribution in [0.3, 0.4) is 0 Å². The Labute approximate surface area is 411 Å². The van der Waals surface area contributed by atoms with Gasteiger partial charge in [-0.2, -0.15) is 15.0 Å². The molecule has 4 aromatic heterocycles. The van der Waals surface area contributed by atoms with E-state index in [1.54, 1.807) is 24.3 Å². The molecule has 2 aliphatic rings. The molecule has 9 aromatic carbocycles. The summed E-state index contributed by atoms with van der Waals surface area (Å²) in [4.78, 5) is 18.8. The maximum absolute atomic E-state index is 15.1. The lowest BCUT2D eigenvalue weighted by Gasteiger charge is -2.31. The van der Waals surface area contributed by atoms with Crippen molar-refractivity contribution in [2.45, 2.75) is 12.0 Å². The van der Waals surface area contributed by atoms with E-state index in [2.05, 4.69) is 170 Å². The molecule has 1 aliphatic carbocycles. The molecule has 2 unspecified atom stereocenters. The van der Waals surface area contributed by atoms with Crippen molar-refractivity contribution >= 4 is 72.0 Å². The van der Waals surface area contributed by atoms with Crippen LogP contribution in [0, 0.1) is 11.6 Å². The Balaban J connectivity index is 1.02. The smallest absolute Gasteiger partial charge is 0.240 e. The molecule has 72 heavy (non-hydrogen) atoms. The van der Waals surface area contributed by atoms with Crippen molar-refractivity contribution in [1.29, 1.82) is 0 Å². The van der Waals surface area contributed by atoms with Crippen LogP contribution in [0.25, 0.3) is 101 Å². The minimum absolute atomic E-state index is 0.0806. The van der Waals surface area contributed by atoms with Gasteiger partial charge in [-0.3, -0.25) is 9.13 Å². The fourth-order valence-electron chi connectivity index (χ4n) is 11.8. The Kier molecular flexibility index (Phi) is 8.71. The lowest BCUT2D eigenvalue weighted by molar-refractivity contribution is 0.626. The van der Waals surface area contributed by atoms with Gasteiger partial charge in [0.15, 0.2) is 5.82 Å². The van der Waals surface area contributed by atoms with Crippen LogP contribution in [-0.4, -0.2) is 34.7 Å². The van der Waals surface area contributed by atoms with E-state index in [0.29, 0.717) is 17.7 Å². The second kappa shape index (κ2) is 15.5. The molecule has 7 nitrogen and oxygen atoms in total. The van der Waals surface area contributed by atoms with Crippen molar-refractivity contribution in [2.75, 3.05) is 4.90 Å². The van der Waals surface area contributed by atoms with Gasteiger partial charge in [0.1, 0.15) is 11.6 Å². The summed E-state index contributed by atoms with van der Waals surface area (Å²) in [5, 5.41) is 5.19. The average molecular weight is 932 g/mol. The SMILES string of the molecule is Fc1cccc(N2c3ccccc3C3c4c(n(-c5nc(-c6ccc(-c7ccccc7)cc6)nc(-n6c7ccccc7c7ccc8c(c9ccccc9n8-c8cccc(F)c8)c76)n5)c5ccccc45)C=CC32)c1. The topological polar surface area (TPSA) is 56.7 Å². The molecular weight excluding hydrogens is 893 g/mol. The molecule has 0 bridgehead atoms. The Morgan fingerprint density at radius 3 is 1.78 bits per heavy atom. The summed E-state index contributed by atoms with van der Waals surface area (Å²) in [5.74, 6) is 0.780. The minimum Gasteiger partial charge on any atom is -0.333 e. The molecule has 0 fully saturated rings. The first-order chi connectivity index (χ1) is 35.6. The van der Waals surface area contributed by atoms with Crippen molar-refractivity contribution in [3.8, 4) is 40.1 Å². The van der Waals surface area contributed by atoms with Crippen LogP contribution >= 0.6 is 0 Å². The van der Waals surface area contributed by atoms with Crippen LogP contribution in [0.4, 0.5) is 20.2 Å². The van der Waals surface area contributed by atoms with E-state index in [1.165, 1.54) is 17.7 Å². The van der Waals surface area contributed by atoms with E-state index in [9.17, 15) is 4.39 Å². The van der Waals surface area contributed by atoms with E-state index in [1.807, 2.05) is 36.4 Å². The summed E-state index contributed by atoms with van der Waals surface area (Å²) >= 11 is 0. The van der Waals surface area contributed by atoms with Gasteiger partial charge in [-0.15, -0.1) is 0 Å². The summed E-state index contributed by atoms with van der Waals surface area (Å²) in [6.45, 7) is 0. The molecule has 15 rings (SSSR count). The van der Waals surface area contributed by atoms with Crippen molar-refractivity contribution in [2.24, 2.45) is 0 Å². The number of rotatable bonds is 6. The number of anilines is 2. The number of hydrogen-bond acceptors (Lipinski definition) is 4. The zero-order valence-electron chi connectivity index (χ0n) is 38.4. The van der Waals surface area contributed by atoms with Gasteiger partial charge in [0, 0.05) is 55.5 Å². The number of hydrogen-bond donors (Lipinski definition) is 0. The van der Waals surface area contributed by atoms with Crippen LogP contribution in [0.2, 0.25) is 0 Å². The summed E-state index contributed by atoms with van der Waals surface area (Å²) in [6.07, 6.45) is 4.44. The van der Waals surface area contributed by atoms with Gasteiger partial charge >= 0.3 is 0 Å². The van der Waals surface area contributed by atoms with E-state index in [-0.39, 0.29) is 23.6 Å². The zero-order valence-corrected chi connectivity index (χ0v) is 38.4. The van der Waals surface area contributed by atoms with Crippen LogP contribution in [0.5, 0.6) is 0 Å². The maximum Gasteiger partial charge on any atom is 0.240 e. The average Bonchev–Trinajstić information content (AvgIpc) is 4.16. The number of para-hydroxylation sites is 4. The summed E-state index contributed by atoms with van der Waals surface area (Å²) < 4.78 is 36.5. The highest BCUT2D eigenvalue weighted by molar-refractivity contribution is 6.26. The molecule has 9 heteroatoms. The van der Waals surface area contributed by atoms with Crippen molar-refractivity contribution in [3.05, 3.63) is 247 Å². The third-order valence-corrected chi connectivity index (χ3v) is 14.8. The van der Waals surface area contributed by atoms with Gasteiger partial charge in [0.2, 0.25) is 11.9 Å². The molecule has 0 saturated heterocycles. The summed E-state index contributed by atoms with van der Waals surface area (Å²) in [5.41, 5.74) is 13.6. The Morgan fingerprint density at radius 2 is 1.01 bits per heavy atom. The second-order valence-electron chi connectivity index (χ2n) is 18.6. The van der Waals surface area contributed by atoms with E-state index in [0.717, 1.165) is 99.5 Å². The van der Waals surface area contributed by atoms with Crippen LogP contribution in [0.1, 0.15) is 22.7 Å². The lowest BCUT2D eigenvalue weighted by atomic mass is 9.82. The third kappa shape index (κ3) is 5.91. The Hall–Kier alpha value is -9.47. The highest BCUT2D eigenvalue weighted by Gasteiger charge is 2.43. The highest BCUT2D eigenvalue weighted by atomic mass is 19.1. The zero-order chi connectivity index (χ0) is 47.6. The first-order valence-electron chi connectivity index (χ1n) is 24.1. The summed E-state index contributed by atoms with van der Waals surface area (Å²) in [6, 6.07) is 70.3. The van der Waals surface area contributed by atoms with Gasteiger partial charge in [0.25, 0.3) is 0 Å². The molecule has 5 heterocycles. The predicted molar refractivity (Wildman–Crippen MR) is 286 cm³/mol. The predicted octanol–water partition coefficient (Wildman–Crippen LogP) is 15.3. The molecule has 2 atom stereocenters. The molecule has 0 saturated carbocycles. The monoisotopic (exact) mass is 931 g/mol. The third-order valence-electron chi connectivity index (χ3n) is 14.8. The van der Waals surface area contributed by atoms with Gasteiger partial charge in [-0.1, -0.05) is 152 Å². The quantitative estimate of drug-likeness (QED) is 0.167. The van der Waals surface area contributed by atoms with E-state index >= 15 is 4.39 Å². The molecule has 0 amide bonds. The number of halogens is 2. The van der Waals surface area contributed by atoms with Crippen molar-refractivity contribution < 1.29 is 8.78 Å². The van der Waals surface area contributed by atoms with Crippen molar-refractivity contribution in [1.82, 2.24) is 28.7 Å². The Bertz CT molecular complexity index is 4390. The standard InChI is InChI=1S/C63H39F2N7/c64-41-16-12-18-43(36-41)69-51-25-9-5-21-47(51)57-54(69)34-35-55-58(57)48-22-6-11-27-53(48)71(55)62-66-61(40-30-28-39(29-31-40)38-14-2-1-3-15-38)67-63(68-62)72-50-24-8-4-20-45(50)46-32-33-56-59(60(46)72)49-23-7-10-26-52(49)70(56)44-19-13-17-42(65)37-44/h1-37,54,57H. The van der Waals surface area contributed by atoms with Crippen molar-refractivity contribution in [3.63, 3.8) is 0 Å². The van der Waals surface area contributed by atoms with Crippen LogP contribution in [0.15, 0.2) is 218 Å².